The van der Waals surface area contributed by atoms with Crippen LogP contribution in [0.15, 0.2) is 24.3 Å². The molecule has 23 heavy (non-hydrogen) atoms. The Morgan fingerprint density at radius 1 is 1.43 bits per heavy atom. The Hall–Kier alpha value is -1.59. The summed E-state index contributed by atoms with van der Waals surface area (Å²) in [5.74, 6) is 0.896. The van der Waals surface area contributed by atoms with E-state index in [1.54, 1.807) is 7.11 Å². The van der Waals surface area contributed by atoms with Crippen LogP contribution in [0, 0.1) is 0 Å². The first-order valence-electron chi connectivity index (χ1n) is 8.48. The second-order valence-corrected chi connectivity index (χ2v) is 6.52. The summed E-state index contributed by atoms with van der Waals surface area (Å²) in [6, 6.07) is 8.31. The number of carbonyl (C=O) groups excluding carboxylic acids is 1. The molecule has 0 aromatic heterocycles. The standard InChI is InChI=1S/C18H26N2O3/c1-3-19(14-7-8-14)12-18(22)20-11-15(21)10-17(20)13-5-4-6-16(9-13)23-2/h4-6,9,14-15,17,21H,3,7-8,10-12H2,1-2H3. The molecule has 2 atom stereocenters. The summed E-state index contributed by atoms with van der Waals surface area (Å²) in [5.41, 5.74) is 1.03. The van der Waals surface area contributed by atoms with E-state index in [1.165, 1.54) is 12.8 Å². The van der Waals surface area contributed by atoms with Crippen molar-refractivity contribution in [2.75, 3.05) is 26.7 Å². The van der Waals surface area contributed by atoms with Gasteiger partial charge in [0.15, 0.2) is 0 Å². The van der Waals surface area contributed by atoms with Gasteiger partial charge in [0.2, 0.25) is 5.91 Å². The molecule has 0 radical (unpaired) electrons. The molecule has 1 saturated carbocycles. The molecule has 5 nitrogen and oxygen atoms in total. The van der Waals surface area contributed by atoms with E-state index in [4.69, 9.17) is 4.74 Å². The van der Waals surface area contributed by atoms with Crippen molar-refractivity contribution in [3.63, 3.8) is 0 Å². The van der Waals surface area contributed by atoms with Gasteiger partial charge in [0.05, 0.1) is 25.8 Å². The van der Waals surface area contributed by atoms with E-state index < -0.39 is 6.10 Å². The fraction of sp³-hybridized carbons (Fsp3) is 0.611. The van der Waals surface area contributed by atoms with Gasteiger partial charge in [-0.2, -0.15) is 0 Å². The van der Waals surface area contributed by atoms with Gasteiger partial charge in [0.25, 0.3) is 0 Å². The summed E-state index contributed by atoms with van der Waals surface area (Å²) in [6.07, 6.45) is 2.53. The molecule has 3 rings (SSSR count). The van der Waals surface area contributed by atoms with E-state index in [1.807, 2.05) is 29.2 Å². The number of benzene rings is 1. The topological polar surface area (TPSA) is 53.0 Å². The van der Waals surface area contributed by atoms with Crippen molar-refractivity contribution in [2.24, 2.45) is 0 Å². The Labute approximate surface area is 137 Å². The molecule has 5 heteroatoms. The summed E-state index contributed by atoms with van der Waals surface area (Å²) >= 11 is 0. The van der Waals surface area contributed by atoms with Crippen molar-refractivity contribution < 1.29 is 14.6 Å². The van der Waals surface area contributed by atoms with Gasteiger partial charge in [0, 0.05) is 12.6 Å². The predicted molar refractivity (Wildman–Crippen MR) is 88.3 cm³/mol. The van der Waals surface area contributed by atoms with Crippen LogP contribution >= 0.6 is 0 Å². The van der Waals surface area contributed by atoms with E-state index in [2.05, 4.69) is 11.8 Å². The van der Waals surface area contributed by atoms with Gasteiger partial charge < -0.3 is 14.7 Å². The highest BCUT2D eigenvalue weighted by Gasteiger charge is 2.37. The van der Waals surface area contributed by atoms with Gasteiger partial charge in [-0.05, 0) is 43.5 Å². The van der Waals surface area contributed by atoms with Gasteiger partial charge in [-0.1, -0.05) is 19.1 Å². The van der Waals surface area contributed by atoms with Gasteiger partial charge in [-0.15, -0.1) is 0 Å². The Kier molecular flexibility index (Phi) is 4.87. The number of amides is 1. The van der Waals surface area contributed by atoms with Crippen molar-refractivity contribution in [1.82, 2.24) is 9.80 Å². The Morgan fingerprint density at radius 3 is 2.87 bits per heavy atom. The minimum absolute atomic E-state index is 0.0643. The molecule has 1 aliphatic carbocycles. The minimum atomic E-state index is -0.453. The van der Waals surface area contributed by atoms with Crippen molar-refractivity contribution in [3.8, 4) is 5.75 Å². The van der Waals surface area contributed by atoms with Crippen LogP contribution in [0.3, 0.4) is 0 Å². The molecule has 0 spiro atoms. The van der Waals surface area contributed by atoms with Crippen molar-refractivity contribution >= 4 is 5.91 Å². The van der Waals surface area contributed by atoms with Gasteiger partial charge in [-0.25, -0.2) is 0 Å². The summed E-state index contributed by atoms with van der Waals surface area (Å²) < 4.78 is 5.28. The Bertz CT molecular complexity index is 559. The van der Waals surface area contributed by atoms with Crippen LogP contribution in [0.4, 0.5) is 0 Å². The van der Waals surface area contributed by atoms with Crippen LogP contribution in [-0.4, -0.2) is 59.7 Å². The first kappa shape index (κ1) is 16.3. The number of likely N-dealkylation sites (N-methyl/N-ethyl adjacent to an activating group) is 1. The normalized spacial score (nSPS) is 24.3. The molecule has 2 unspecified atom stereocenters. The second kappa shape index (κ2) is 6.89. The molecule has 1 aliphatic heterocycles. The maximum Gasteiger partial charge on any atom is 0.237 e. The second-order valence-electron chi connectivity index (χ2n) is 6.52. The lowest BCUT2D eigenvalue weighted by atomic mass is 10.0. The number of rotatable bonds is 6. The zero-order valence-electron chi connectivity index (χ0n) is 13.9. The van der Waals surface area contributed by atoms with Crippen molar-refractivity contribution in [3.05, 3.63) is 29.8 Å². The summed E-state index contributed by atoms with van der Waals surface area (Å²) in [5, 5.41) is 10.1. The smallest absolute Gasteiger partial charge is 0.237 e. The highest BCUT2D eigenvalue weighted by Crippen LogP contribution is 2.34. The fourth-order valence-corrected chi connectivity index (χ4v) is 3.46. The third kappa shape index (κ3) is 3.67. The average Bonchev–Trinajstić information content (AvgIpc) is 3.33. The van der Waals surface area contributed by atoms with Crippen LogP contribution in [0.1, 0.15) is 37.8 Å². The van der Waals surface area contributed by atoms with E-state index in [0.29, 0.717) is 25.6 Å². The largest absolute Gasteiger partial charge is 0.497 e. The molecule has 1 saturated heterocycles. The van der Waals surface area contributed by atoms with Crippen LogP contribution in [0.5, 0.6) is 5.75 Å². The predicted octanol–water partition coefficient (Wildman–Crippen LogP) is 1.81. The lowest BCUT2D eigenvalue weighted by molar-refractivity contribution is -0.133. The quantitative estimate of drug-likeness (QED) is 0.869. The van der Waals surface area contributed by atoms with Crippen LogP contribution in [0.2, 0.25) is 0 Å². The average molecular weight is 318 g/mol. The number of aliphatic hydroxyl groups excluding tert-OH is 1. The molecule has 1 heterocycles. The molecule has 0 bridgehead atoms. The zero-order valence-corrected chi connectivity index (χ0v) is 13.9. The number of hydrogen-bond donors (Lipinski definition) is 1. The number of likely N-dealkylation sites (tertiary alicyclic amines) is 1. The number of β-amino-alcohol motifs (C(OH)–C–C–N with tert-alkyl or cyclic N) is 1. The maximum atomic E-state index is 12.8. The lowest BCUT2D eigenvalue weighted by Gasteiger charge is -2.28. The van der Waals surface area contributed by atoms with Crippen LogP contribution in [0.25, 0.3) is 0 Å². The fourth-order valence-electron chi connectivity index (χ4n) is 3.46. The number of nitrogens with zero attached hydrogens (tertiary/aromatic N) is 2. The highest BCUT2D eigenvalue weighted by molar-refractivity contribution is 5.79. The summed E-state index contributed by atoms with van der Waals surface area (Å²) in [6.45, 7) is 3.87. The zero-order chi connectivity index (χ0) is 16.4. The van der Waals surface area contributed by atoms with Crippen LogP contribution in [-0.2, 0) is 4.79 Å². The number of ether oxygens (including phenoxy) is 1. The highest BCUT2D eigenvalue weighted by atomic mass is 16.5. The van der Waals surface area contributed by atoms with Crippen molar-refractivity contribution in [1.29, 1.82) is 0 Å². The number of carbonyl (C=O) groups is 1. The molecule has 1 aromatic carbocycles. The molecule has 1 aromatic rings. The first-order chi connectivity index (χ1) is 11.1. The summed E-state index contributed by atoms with van der Waals surface area (Å²) in [4.78, 5) is 16.9. The SMILES string of the molecule is CCN(CC(=O)N1CC(O)CC1c1cccc(OC)c1)C1CC1. The lowest BCUT2D eigenvalue weighted by Crippen LogP contribution is -2.41. The summed E-state index contributed by atoms with van der Waals surface area (Å²) in [7, 11) is 1.64. The maximum absolute atomic E-state index is 12.8. The van der Waals surface area contributed by atoms with E-state index in [-0.39, 0.29) is 11.9 Å². The molecular formula is C18H26N2O3. The van der Waals surface area contributed by atoms with E-state index in [9.17, 15) is 9.90 Å². The molecule has 126 valence electrons. The van der Waals surface area contributed by atoms with Crippen molar-refractivity contribution in [2.45, 2.75) is 44.4 Å². The van der Waals surface area contributed by atoms with E-state index >= 15 is 0 Å². The van der Waals surface area contributed by atoms with E-state index in [0.717, 1.165) is 17.9 Å². The number of hydrogen-bond acceptors (Lipinski definition) is 4. The minimum Gasteiger partial charge on any atom is -0.497 e. The van der Waals surface area contributed by atoms with Gasteiger partial charge in [0.1, 0.15) is 5.75 Å². The molecule has 2 fully saturated rings. The van der Waals surface area contributed by atoms with Gasteiger partial charge in [-0.3, -0.25) is 9.69 Å². The molecule has 2 aliphatic rings. The van der Waals surface area contributed by atoms with Crippen LogP contribution < -0.4 is 4.74 Å². The Balaban J connectivity index is 1.74. The third-order valence-corrected chi connectivity index (χ3v) is 4.89. The Morgan fingerprint density at radius 2 is 2.22 bits per heavy atom. The molecule has 1 N–H and O–H groups in total. The number of aliphatic hydroxyl groups is 1. The third-order valence-electron chi connectivity index (χ3n) is 4.89. The van der Waals surface area contributed by atoms with Gasteiger partial charge >= 0.3 is 0 Å². The molecule has 1 amide bonds. The molecular weight excluding hydrogens is 292 g/mol. The number of methoxy groups -OCH3 is 1. The monoisotopic (exact) mass is 318 g/mol. The first-order valence-corrected chi connectivity index (χ1v) is 8.48.